The summed E-state index contributed by atoms with van der Waals surface area (Å²) in [4.78, 5) is 0. The van der Waals surface area contributed by atoms with Gasteiger partial charge in [0.2, 0.25) is 0 Å². The van der Waals surface area contributed by atoms with Crippen LogP contribution in [0.3, 0.4) is 0 Å². The van der Waals surface area contributed by atoms with Crippen molar-refractivity contribution in [2.75, 3.05) is 5.75 Å². The van der Waals surface area contributed by atoms with E-state index in [1.807, 2.05) is 0 Å². The fourth-order valence-corrected chi connectivity index (χ4v) is 2.65. The van der Waals surface area contributed by atoms with Gasteiger partial charge in [-0.3, -0.25) is 0 Å². The molecule has 0 spiro atoms. The Morgan fingerprint density at radius 1 is 1.25 bits per heavy atom. The second kappa shape index (κ2) is 1.80. The van der Waals surface area contributed by atoms with Crippen molar-refractivity contribution < 1.29 is 0 Å². The highest BCUT2D eigenvalue weighted by Gasteiger charge is 2.22. The van der Waals surface area contributed by atoms with Crippen LogP contribution in [-0.2, 0) is 0 Å². The molecule has 1 saturated heterocycles. The van der Waals surface area contributed by atoms with Crippen molar-refractivity contribution in [1.82, 2.24) is 0 Å². The summed E-state index contributed by atoms with van der Waals surface area (Å²) in [7, 11) is 0. The molecule has 0 unspecified atom stereocenters. The van der Waals surface area contributed by atoms with Gasteiger partial charge in [0.1, 0.15) is 0 Å². The Bertz CT molecular complexity index is 95.6. The molecule has 3 aliphatic rings. The smallest absolute Gasteiger partial charge is 0.0227 e. The Morgan fingerprint density at radius 2 is 2.25 bits per heavy atom. The minimum absolute atomic E-state index is 0.889. The van der Waals surface area contributed by atoms with Gasteiger partial charge in [0.05, 0.1) is 0 Å². The maximum absolute atomic E-state index is 2.39. The van der Waals surface area contributed by atoms with Crippen molar-refractivity contribution in [2.24, 2.45) is 5.92 Å². The van der Waals surface area contributed by atoms with Crippen LogP contribution in [0.5, 0.6) is 0 Å². The largest absolute Gasteiger partial charge is 0.154 e. The first-order valence-corrected chi connectivity index (χ1v) is 4.30. The van der Waals surface area contributed by atoms with E-state index in [9.17, 15) is 0 Å². The molecule has 0 saturated carbocycles. The summed E-state index contributed by atoms with van der Waals surface area (Å²) in [6.07, 6.45) is 7.66. The molecule has 1 aliphatic carbocycles. The fourth-order valence-electron chi connectivity index (χ4n) is 1.38. The average Bonchev–Trinajstić information content (AvgIpc) is 1.92. The van der Waals surface area contributed by atoms with Crippen molar-refractivity contribution >= 4 is 11.8 Å². The first-order valence-electron chi connectivity index (χ1n) is 3.25. The molecule has 8 heavy (non-hydrogen) atoms. The molecule has 3 rings (SSSR count). The summed E-state index contributed by atoms with van der Waals surface area (Å²) in [6, 6.07) is 0. The van der Waals surface area contributed by atoms with Crippen molar-refractivity contribution in [3.63, 3.8) is 0 Å². The number of allylic oxidation sites excluding steroid dienone is 1. The van der Waals surface area contributed by atoms with E-state index in [1.54, 1.807) is 0 Å². The number of fused-ring (bicyclic) bond motifs is 2. The lowest BCUT2D eigenvalue weighted by atomic mass is 9.97. The first kappa shape index (κ1) is 4.92. The Kier molecular flexibility index (Phi) is 1.11. The number of rotatable bonds is 0. The zero-order chi connectivity index (χ0) is 5.40. The van der Waals surface area contributed by atoms with E-state index >= 15 is 0 Å². The fraction of sp³-hybridized carbons (Fsp3) is 0.714. The molecule has 0 aromatic rings. The maximum Gasteiger partial charge on any atom is 0.0227 e. The lowest BCUT2D eigenvalue weighted by Crippen LogP contribution is -2.19. The van der Waals surface area contributed by atoms with Crippen molar-refractivity contribution in [1.29, 1.82) is 0 Å². The standard InChI is InChI=1S/C7H10S/c1-3-7-4-2-6(1)5-8-7/h1,3,6-7H,2,4-5H2/t6-,7+/m0/s1. The second-order valence-electron chi connectivity index (χ2n) is 2.59. The topological polar surface area (TPSA) is 0 Å². The molecule has 0 nitrogen and oxygen atoms in total. The molecule has 0 aromatic heterocycles. The van der Waals surface area contributed by atoms with Gasteiger partial charge in [0.25, 0.3) is 0 Å². The molecular weight excluding hydrogens is 116 g/mol. The third-order valence-corrected chi connectivity index (χ3v) is 3.39. The van der Waals surface area contributed by atoms with E-state index in [4.69, 9.17) is 0 Å². The predicted molar refractivity (Wildman–Crippen MR) is 38.1 cm³/mol. The zero-order valence-corrected chi connectivity index (χ0v) is 5.66. The van der Waals surface area contributed by atoms with Crippen LogP contribution in [-0.4, -0.2) is 11.0 Å². The van der Waals surface area contributed by atoms with Gasteiger partial charge in [-0.25, -0.2) is 0 Å². The molecule has 0 radical (unpaired) electrons. The van der Waals surface area contributed by atoms with Gasteiger partial charge in [0.15, 0.2) is 0 Å². The molecule has 0 N–H and O–H groups in total. The first-order chi connectivity index (χ1) is 3.95. The van der Waals surface area contributed by atoms with E-state index in [1.165, 1.54) is 18.6 Å². The van der Waals surface area contributed by atoms with Gasteiger partial charge in [-0.2, -0.15) is 11.8 Å². The lowest BCUT2D eigenvalue weighted by Gasteiger charge is -2.29. The maximum atomic E-state index is 2.39. The van der Waals surface area contributed by atoms with Crippen molar-refractivity contribution in [3.05, 3.63) is 12.2 Å². The minimum Gasteiger partial charge on any atom is -0.154 e. The number of hydrogen-bond acceptors (Lipinski definition) is 1. The van der Waals surface area contributed by atoms with Crippen LogP contribution in [0.4, 0.5) is 0 Å². The van der Waals surface area contributed by atoms with E-state index in [-0.39, 0.29) is 0 Å². The summed E-state index contributed by atoms with van der Waals surface area (Å²) in [5.74, 6) is 2.33. The highest BCUT2D eigenvalue weighted by Crippen LogP contribution is 2.35. The summed E-state index contributed by atoms with van der Waals surface area (Å²) >= 11 is 2.13. The van der Waals surface area contributed by atoms with Crippen LogP contribution in [0.15, 0.2) is 12.2 Å². The van der Waals surface area contributed by atoms with E-state index in [0.717, 1.165) is 11.2 Å². The van der Waals surface area contributed by atoms with Gasteiger partial charge < -0.3 is 0 Å². The summed E-state index contributed by atoms with van der Waals surface area (Å²) in [5, 5.41) is 0.889. The van der Waals surface area contributed by atoms with Crippen molar-refractivity contribution in [3.8, 4) is 0 Å². The van der Waals surface area contributed by atoms with Gasteiger partial charge >= 0.3 is 0 Å². The SMILES string of the molecule is C1=C[C@@H]2CC[C@H]1CS2. The average molecular weight is 126 g/mol. The molecule has 44 valence electrons. The Labute approximate surface area is 54.4 Å². The number of hydrogen-bond donors (Lipinski definition) is 0. The molecule has 2 bridgehead atoms. The van der Waals surface area contributed by atoms with Crippen LogP contribution >= 0.6 is 11.8 Å². The van der Waals surface area contributed by atoms with Crippen LogP contribution in [0, 0.1) is 5.92 Å². The molecule has 0 amide bonds. The molecule has 2 heterocycles. The van der Waals surface area contributed by atoms with Crippen molar-refractivity contribution in [2.45, 2.75) is 18.1 Å². The van der Waals surface area contributed by atoms with E-state index in [0.29, 0.717) is 0 Å². The minimum atomic E-state index is 0.889. The Hall–Kier alpha value is 0.0900. The van der Waals surface area contributed by atoms with Crippen LogP contribution in [0.25, 0.3) is 0 Å². The molecule has 0 aromatic carbocycles. The summed E-state index contributed by atoms with van der Waals surface area (Å²) in [5.41, 5.74) is 0. The predicted octanol–water partition coefficient (Wildman–Crippen LogP) is 2.07. The molecule has 2 atom stereocenters. The lowest BCUT2D eigenvalue weighted by molar-refractivity contribution is 0.576. The second-order valence-corrected chi connectivity index (χ2v) is 3.87. The van der Waals surface area contributed by atoms with E-state index in [2.05, 4.69) is 23.9 Å². The molecular formula is C7H10S. The Balaban J connectivity index is 2.20. The third-order valence-electron chi connectivity index (χ3n) is 1.94. The third kappa shape index (κ3) is 0.693. The highest BCUT2D eigenvalue weighted by atomic mass is 32.2. The van der Waals surface area contributed by atoms with Gasteiger partial charge in [0, 0.05) is 11.0 Å². The van der Waals surface area contributed by atoms with Crippen LogP contribution in [0.1, 0.15) is 12.8 Å². The Morgan fingerprint density at radius 3 is 2.38 bits per heavy atom. The molecule has 2 aliphatic heterocycles. The normalized spacial score (nSPS) is 43.0. The quantitative estimate of drug-likeness (QED) is 0.448. The van der Waals surface area contributed by atoms with Gasteiger partial charge in [-0.05, 0) is 18.8 Å². The van der Waals surface area contributed by atoms with Gasteiger partial charge in [-0.15, -0.1) is 0 Å². The monoisotopic (exact) mass is 126 g/mol. The number of thioether (sulfide) groups is 1. The molecule has 1 fully saturated rings. The highest BCUT2D eigenvalue weighted by molar-refractivity contribution is 8.00. The zero-order valence-electron chi connectivity index (χ0n) is 4.84. The summed E-state index contributed by atoms with van der Waals surface area (Å²) in [6.45, 7) is 0. The van der Waals surface area contributed by atoms with Crippen LogP contribution < -0.4 is 0 Å². The van der Waals surface area contributed by atoms with E-state index < -0.39 is 0 Å². The van der Waals surface area contributed by atoms with Crippen LogP contribution in [0.2, 0.25) is 0 Å². The summed E-state index contributed by atoms with van der Waals surface area (Å²) < 4.78 is 0. The molecule has 1 heteroatoms. The van der Waals surface area contributed by atoms with Gasteiger partial charge in [-0.1, -0.05) is 12.2 Å².